The summed E-state index contributed by atoms with van der Waals surface area (Å²) in [7, 11) is -1.61. The van der Waals surface area contributed by atoms with Gasteiger partial charge in [-0.25, -0.2) is 0 Å². The van der Waals surface area contributed by atoms with Gasteiger partial charge >= 0.3 is 28.5 Å². The topological polar surface area (TPSA) is 73.8 Å². The van der Waals surface area contributed by atoms with E-state index >= 15 is 0 Å². The van der Waals surface area contributed by atoms with Crippen LogP contribution in [0.1, 0.15) is 172 Å². The van der Waals surface area contributed by atoms with Crippen LogP contribution in [0.15, 0.2) is 97.1 Å². The average Bonchev–Trinajstić information content (AvgIpc) is 3.95. The van der Waals surface area contributed by atoms with Crippen molar-refractivity contribution in [2.45, 2.75) is 217 Å². The molecule has 4 atom stereocenters. The highest BCUT2D eigenvalue weighted by atomic mass is 16.7. The van der Waals surface area contributed by atoms with E-state index in [0.717, 1.165) is 54.0 Å². The Bertz CT molecular complexity index is 2630. The van der Waals surface area contributed by atoms with E-state index in [1.54, 1.807) is 0 Å². The van der Waals surface area contributed by atoms with E-state index in [-0.39, 0.29) is 28.8 Å². The van der Waals surface area contributed by atoms with Crippen LogP contribution in [0.3, 0.4) is 0 Å². The highest BCUT2D eigenvalue weighted by Gasteiger charge is 2.83. The molecule has 4 aromatic rings. The van der Waals surface area contributed by atoms with Crippen molar-refractivity contribution < 1.29 is 37.2 Å². The van der Waals surface area contributed by atoms with Gasteiger partial charge in [-0.05, 0) is 211 Å². The van der Waals surface area contributed by atoms with Gasteiger partial charge in [-0.15, -0.1) is 0 Å². The van der Waals surface area contributed by atoms with E-state index in [4.69, 9.17) is 37.2 Å². The Hall–Kier alpha value is -3.18. The summed E-state index contributed by atoms with van der Waals surface area (Å²) in [5.41, 5.74) is 6.56. The summed E-state index contributed by atoms with van der Waals surface area (Å²) in [5.74, 6) is 0. The third-order valence-corrected chi connectivity index (χ3v) is 21.1. The van der Waals surface area contributed by atoms with E-state index in [2.05, 4.69) is 208 Å². The Morgan fingerprint density at radius 2 is 0.620 bits per heavy atom. The zero-order valence-corrected chi connectivity index (χ0v) is 45.8. The molecule has 0 aromatic heterocycles. The minimum Gasteiger partial charge on any atom is -0.399 e. The van der Waals surface area contributed by atoms with Crippen molar-refractivity contribution in [1.29, 1.82) is 0 Å². The largest absolute Gasteiger partial charge is 0.494 e. The van der Waals surface area contributed by atoms with Crippen LogP contribution >= 0.6 is 0 Å². The first-order valence-corrected chi connectivity index (χ1v) is 26.7. The number of benzene rings is 4. The van der Waals surface area contributed by atoms with Gasteiger partial charge in [0.1, 0.15) is 0 Å². The molecule has 4 saturated heterocycles. The molecule has 4 heterocycles. The van der Waals surface area contributed by atoms with Crippen LogP contribution in [0, 0.1) is 5.41 Å². The van der Waals surface area contributed by atoms with Crippen LogP contribution in [-0.2, 0) is 59.9 Å². The summed E-state index contributed by atoms with van der Waals surface area (Å²) in [5, 5.41) is 0. The molecule has 0 amide bonds. The lowest BCUT2D eigenvalue weighted by Crippen LogP contribution is -2.74. The molecule has 11 rings (SSSR count). The highest BCUT2D eigenvalue weighted by molar-refractivity contribution is 6.63. The van der Waals surface area contributed by atoms with E-state index in [0.29, 0.717) is 0 Å². The second kappa shape index (κ2) is 15.7. The second-order valence-corrected chi connectivity index (χ2v) is 27.0. The van der Waals surface area contributed by atoms with Crippen LogP contribution in [0.5, 0.6) is 0 Å². The molecule has 7 fully saturated rings. The molecule has 0 N–H and O–H groups in total. The van der Waals surface area contributed by atoms with Crippen LogP contribution in [0.25, 0.3) is 0 Å². The maximum absolute atomic E-state index is 6.59. The van der Waals surface area contributed by atoms with Crippen LogP contribution in [0.4, 0.5) is 0 Å². The van der Waals surface area contributed by atoms with Crippen molar-refractivity contribution in [3.8, 4) is 0 Å². The molecular weight excluding hydrogens is 880 g/mol. The SMILES string of the molecule is CC1(C)OB(c2ccc(CCC3(c4ccc(B5OC(C)(C)C(C)(C)O5)cc4)CC4(c5ccc(B6OC(C)(C)C(C)(C)O6)cc5)CC5(c6ccc(B7OC(C)(C)C(C)(C)O7)cc6)CCC54C3)cc2)OC1(C)C. The van der Waals surface area contributed by atoms with Gasteiger partial charge in [-0.1, -0.05) is 97.1 Å². The van der Waals surface area contributed by atoms with Gasteiger partial charge in [0.25, 0.3) is 0 Å². The Morgan fingerprint density at radius 3 is 0.930 bits per heavy atom. The van der Waals surface area contributed by atoms with E-state index in [9.17, 15) is 0 Å². The summed E-state index contributed by atoms with van der Waals surface area (Å²) >= 11 is 0. The molecule has 3 aliphatic carbocycles. The molecule has 4 unspecified atom stereocenters. The zero-order valence-electron chi connectivity index (χ0n) is 45.8. The van der Waals surface area contributed by atoms with Gasteiger partial charge < -0.3 is 37.2 Å². The van der Waals surface area contributed by atoms with Crippen molar-refractivity contribution in [2.75, 3.05) is 0 Å². The summed E-state index contributed by atoms with van der Waals surface area (Å²) < 4.78 is 52.4. The Kier molecular flexibility index (Phi) is 11.1. The van der Waals surface area contributed by atoms with Crippen molar-refractivity contribution in [2.24, 2.45) is 5.41 Å². The first-order valence-electron chi connectivity index (χ1n) is 26.7. The summed E-state index contributed by atoms with van der Waals surface area (Å²) in [6, 6.07) is 37.2. The molecule has 8 nitrogen and oxygen atoms in total. The average molecular weight is 959 g/mol. The standard InChI is InChI=1S/C59H78B4O8/c1-48(2)49(3,4)65-60(64-48)44-25-17-40(18-26-44)33-34-56(41-19-27-45(28-20-41)61-66-50(5,6)51(7,8)67-61)37-58(43-23-31-47(32-24-43)63-70-54(13,14)55(15,16)71-63)39-57(35-36-59(57,58)38-56)42-21-29-46(30-22-42)62-68-52(9,10)53(11,12)69-62/h17-32H,33-39H2,1-16H3. The molecule has 0 radical (unpaired) electrons. The third-order valence-electron chi connectivity index (χ3n) is 21.1. The molecule has 374 valence electrons. The van der Waals surface area contributed by atoms with Gasteiger partial charge in [0.05, 0.1) is 44.8 Å². The fourth-order valence-electron chi connectivity index (χ4n) is 13.7. The van der Waals surface area contributed by atoms with Crippen LogP contribution in [0.2, 0.25) is 0 Å². The molecule has 71 heavy (non-hydrogen) atoms. The Balaban J connectivity index is 0.971. The van der Waals surface area contributed by atoms with Crippen molar-refractivity contribution in [1.82, 2.24) is 0 Å². The Labute approximate surface area is 427 Å². The lowest BCUT2D eigenvalue weighted by molar-refractivity contribution is -0.179. The van der Waals surface area contributed by atoms with Gasteiger partial charge in [0, 0.05) is 10.8 Å². The zero-order chi connectivity index (χ0) is 50.8. The smallest absolute Gasteiger partial charge is 0.399 e. The maximum Gasteiger partial charge on any atom is 0.494 e. The van der Waals surface area contributed by atoms with Gasteiger partial charge in [0.2, 0.25) is 0 Å². The van der Waals surface area contributed by atoms with Gasteiger partial charge in [-0.2, -0.15) is 0 Å². The molecule has 12 heteroatoms. The monoisotopic (exact) mass is 959 g/mol. The summed E-state index contributed by atoms with van der Waals surface area (Å²) in [6.07, 6.45) is 7.58. The maximum atomic E-state index is 6.59. The van der Waals surface area contributed by atoms with Crippen molar-refractivity contribution in [3.63, 3.8) is 0 Å². The van der Waals surface area contributed by atoms with E-state index in [1.807, 2.05) is 0 Å². The lowest BCUT2D eigenvalue weighted by atomic mass is 9.26. The molecule has 4 aliphatic heterocycles. The van der Waals surface area contributed by atoms with Crippen molar-refractivity contribution in [3.05, 3.63) is 119 Å². The highest BCUT2D eigenvalue weighted by Crippen LogP contribution is 2.87. The fraction of sp³-hybridized carbons (Fsp3) is 0.593. The first-order chi connectivity index (χ1) is 32.9. The normalized spacial score (nSPS) is 32.9. The lowest BCUT2D eigenvalue weighted by Gasteiger charge is -2.77. The molecular formula is C59H78B4O8. The number of aryl methyl sites for hydroxylation is 1. The summed E-state index contributed by atoms with van der Waals surface area (Å²) in [6.45, 7) is 34.0. The molecule has 3 saturated carbocycles. The predicted molar refractivity (Wildman–Crippen MR) is 288 cm³/mol. The Morgan fingerprint density at radius 1 is 0.324 bits per heavy atom. The van der Waals surface area contributed by atoms with Crippen molar-refractivity contribution >= 4 is 50.3 Å². The van der Waals surface area contributed by atoms with Crippen LogP contribution < -0.4 is 21.9 Å². The van der Waals surface area contributed by atoms with Crippen LogP contribution in [-0.4, -0.2) is 73.3 Å². The predicted octanol–water partition coefficient (Wildman–Crippen LogP) is 9.61. The molecule has 7 aliphatic rings. The summed E-state index contributed by atoms with van der Waals surface area (Å²) in [4.78, 5) is 0. The molecule has 0 bridgehead atoms. The van der Waals surface area contributed by atoms with E-state index < -0.39 is 66.2 Å². The minimum atomic E-state index is -0.417. The second-order valence-electron chi connectivity index (χ2n) is 27.0. The quantitative estimate of drug-likeness (QED) is 0.146. The van der Waals surface area contributed by atoms with E-state index in [1.165, 1.54) is 35.1 Å². The minimum absolute atomic E-state index is 0.0424. The van der Waals surface area contributed by atoms with Gasteiger partial charge in [-0.3, -0.25) is 0 Å². The fourth-order valence-corrected chi connectivity index (χ4v) is 13.7. The number of hydrogen-bond acceptors (Lipinski definition) is 8. The number of rotatable bonds is 10. The third kappa shape index (κ3) is 7.32. The molecule has 4 aromatic carbocycles. The van der Waals surface area contributed by atoms with Gasteiger partial charge in [0.15, 0.2) is 0 Å². The first kappa shape index (κ1) is 50.0. The number of hydrogen-bond donors (Lipinski definition) is 0. The molecule has 1 spiro atoms.